The lowest BCUT2D eigenvalue weighted by Crippen LogP contribution is -2.15. The molecule has 212 valence electrons. The van der Waals surface area contributed by atoms with Crippen LogP contribution in [0.1, 0.15) is 16.7 Å². The molecule has 0 aliphatic heterocycles. The van der Waals surface area contributed by atoms with Crippen molar-refractivity contribution in [2.75, 3.05) is 86.4 Å². The summed E-state index contributed by atoms with van der Waals surface area (Å²) in [7, 11) is 1.64. The van der Waals surface area contributed by atoms with Gasteiger partial charge in [0.15, 0.2) is 0 Å². The molecule has 0 spiro atoms. The molecule has 9 heteroatoms. The van der Waals surface area contributed by atoms with Gasteiger partial charge in [0, 0.05) is 12.7 Å². The van der Waals surface area contributed by atoms with E-state index in [0.29, 0.717) is 91.5 Å². The van der Waals surface area contributed by atoms with Gasteiger partial charge in [0.25, 0.3) is 6.47 Å². The van der Waals surface area contributed by atoms with Crippen LogP contribution < -0.4 is 4.74 Å². The molecule has 0 fully saturated rings. The lowest BCUT2D eigenvalue weighted by atomic mass is 9.97. The van der Waals surface area contributed by atoms with E-state index < -0.39 is 0 Å². The maximum absolute atomic E-state index is 10.8. The minimum atomic E-state index is 0.143. The summed E-state index contributed by atoms with van der Waals surface area (Å²) in [5.74, 6) is 0.667. The summed E-state index contributed by atoms with van der Waals surface area (Å²) in [6, 6.07) is 12.3. The van der Waals surface area contributed by atoms with E-state index in [2.05, 4.69) is 32.0 Å². The summed E-state index contributed by atoms with van der Waals surface area (Å²) < 4.78 is 43.1. The maximum Gasteiger partial charge on any atom is 0.293 e. The summed E-state index contributed by atoms with van der Waals surface area (Å²) >= 11 is 0. The summed E-state index contributed by atoms with van der Waals surface area (Å²) in [5.41, 5.74) is 5.37. The van der Waals surface area contributed by atoms with Crippen molar-refractivity contribution in [2.45, 2.75) is 20.5 Å². The number of rotatable bonds is 23. The van der Waals surface area contributed by atoms with Gasteiger partial charge < -0.3 is 37.9 Å². The molecule has 0 saturated carbocycles. The van der Waals surface area contributed by atoms with Gasteiger partial charge in [-0.3, -0.25) is 4.79 Å². The van der Waals surface area contributed by atoms with Crippen molar-refractivity contribution >= 4 is 6.47 Å². The molecule has 38 heavy (non-hydrogen) atoms. The first-order chi connectivity index (χ1) is 18.7. The van der Waals surface area contributed by atoms with Crippen LogP contribution in [0.5, 0.6) is 5.75 Å². The van der Waals surface area contributed by atoms with Gasteiger partial charge in [0.05, 0.1) is 72.7 Å². The first-order valence-electron chi connectivity index (χ1n) is 12.9. The molecule has 9 nitrogen and oxygen atoms in total. The van der Waals surface area contributed by atoms with Crippen LogP contribution in [0.4, 0.5) is 0 Å². The fourth-order valence-electron chi connectivity index (χ4n) is 3.51. The number of aryl methyl sites for hydroxylation is 2. The van der Waals surface area contributed by atoms with Crippen LogP contribution in [-0.2, 0) is 44.6 Å². The van der Waals surface area contributed by atoms with E-state index in [1.807, 2.05) is 18.2 Å². The zero-order chi connectivity index (χ0) is 27.3. The normalized spacial score (nSPS) is 11.0. The number of carbonyl (C=O) groups is 1. The Morgan fingerprint density at radius 2 is 1.21 bits per heavy atom. The molecule has 0 saturated heterocycles. The molecule has 0 amide bonds. The second kappa shape index (κ2) is 20.4. The van der Waals surface area contributed by atoms with Gasteiger partial charge in [-0.15, -0.1) is 0 Å². The average Bonchev–Trinajstić information content (AvgIpc) is 2.93. The van der Waals surface area contributed by atoms with Gasteiger partial charge in [0.1, 0.15) is 19.0 Å². The minimum absolute atomic E-state index is 0.143. The fourth-order valence-corrected chi connectivity index (χ4v) is 3.51. The van der Waals surface area contributed by atoms with E-state index in [9.17, 15) is 4.79 Å². The Balaban J connectivity index is 1.55. The van der Waals surface area contributed by atoms with Gasteiger partial charge in [-0.2, -0.15) is 0 Å². The summed E-state index contributed by atoms with van der Waals surface area (Å²) in [4.78, 5) is 10.8. The molecule has 2 rings (SSSR count). The van der Waals surface area contributed by atoms with Crippen LogP contribution in [0, 0.1) is 13.8 Å². The Morgan fingerprint density at radius 3 is 1.76 bits per heavy atom. The standard InChI is InChI=1S/C29H42O9/c1-24-4-5-25(2)28(20-24)26-6-7-29(27(21-26)22-37-23-30)38-19-18-36-17-16-35-15-14-34-13-12-33-11-10-32-9-8-31-3/h4-7,20-21,23H,8-19,22H2,1-3H3. The third-order valence-electron chi connectivity index (χ3n) is 5.48. The smallest absolute Gasteiger partial charge is 0.293 e. The van der Waals surface area contributed by atoms with Crippen LogP contribution in [0.2, 0.25) is 0 Å². The minimum Gasteiger partial charge on any atom is -0.491 e. The number of methoxy groups -OCH3 is 1. The molecule has 0 aliphatic carbocycles. The van der Waals surface area contributed by atoms with E-state index in [-0.39, 0.29) is 6.61 Å². The highest BCUT2D eigenvalue weighted by Gasteiger charge is 2.10. The van der Waals surface area contributed by atoms with Crippen LogP contribution >= 0.6 is 0 Å². The zero-order valence-corrected chi connectivity index (χ0v) is 22.9. The highest BCUT2D eigenvalue weighted by molar-refractivity contribution is 5.69. The summed E-state index contributed by atoms with van der Waals surface area (Å²) in [6.45, 7) is 10.7. The number of carbonyl (C=O) groups excluding carboxylic acids is 1. The molecule has 0 radical (unpaired) electrons. The van der Waals surface area contributed by atoms with Crippen molar-refractivity contribution < 1.29 is 42.7 Å². The molecule has 2 aromatic carbocycles. The van der Waals surface area contributed by atoms with Crippen LogP contribution in [0.25, 0.3) is 11.1 Å². The SMILES string of the molecule is COCCOCCOCCOCCOCCOCCOc1ccc(-c2cc(C)ccc2C)cc1COC=O. The first-order valence-corrected chi connectivity index (χ1v) is 12.9. The second-order valence-corrected chi connectivity index (χ2v) is 8.45. The Labute approximate surface area is 226 Å². The topological polar surface area (TPSA) is 90.9 Å². The molecule has 0 heterocycles. The van der Waals surface area contributed by atoms with Crippen molar-refractivity contribution in [3.05, 3.63) is 53.1 Å². The van der Waals surface area contributed by atoms with Gasteiger partial charge in [-0.1, -0.05) is 29.8 Å². The Bertz CT molecular complexity index is 904. The third kappa shape index (κ3) is 13.3. The molecule has 0 atom stereocenters. The van der Waals surface area contributed by atoms with Crippen LogP contribution in [-0.4, -0.2) is 92.9 Å². The van der Waals surface area contributed by atoms with Gasteiger partial charge in [0.2, 0.25) is 0 Å². The molecule has 0 N–H and O–H groups in total. The third-order valence-corrected chi connectivity index (χ3v) is 5.48. The largest absolute Gasteiger partial charge is 0.491 e. The number of ether oxygens (including phenoxy) is 8. The van der Waals surface area contributed by atoms with Gasteiger partial charge in [-0.05, 0) is 42.7 Å². The Hall–Kier alpha value is -2.53. The maximum atomic E-state index is 10.8. The fraction of sp³-hybridized carbons (Fsp3) is 0.552. The predicted molar refractivity (Wildman–Crippen MR) is 144 cm³/mol. The van der Waals surface area contributed by atoms with Crippen molar-refractivity contribution in [3.8, 4) is 16.9 Å². The summed E-state index contributed by atoms with van der Waals surface area (Å²) in [6.07, 6.45) is 0. The quantitative estimate of drug-likeness (QED) is 0.156. The number of benzene rings is 2. The van der Waals surface area contributed by atoms with Crippen molar-refractivity contribution in [2.24, 2.45) is 0 Å². The average molecular weight is 535 g/mol. The lowest BCUT2D eigenvalue weighted by molar-refractivity contribution is -0.129. The Morgan fingerprint density at radius 1 is 0.658 bits per heavy atom. The lowest BCUT2D eigenvalue weighted by Gasteiger charge is -2.14. The zero-order valence-electron chi connectivity index (χ0n) is 22.9. The van der Waals surface area contributed by atoms with E-state index in [1.165, 1.54) is 11.1 Å². The molecular weight excluding hydrogens is 492 g/mol. The van der Waals surface area contributed by atoms with Gasteiger partial charge >= 0.3 is 0 Å². The van der Waals surface area contributed by atoms with E-state index in [4.69, 9.17) is 37.9 Å². The molecular formula is C29H42O9. The summed E-state index contributed by atoms with van der Waals surface area (Å²) in [5, 5.41) is 0. The van der Waals surface area contributed by atoms with Crippen molar-refractivity contribution in [1.29, 1.82) is 0 Å². The monoisotopic (exact) mass is 534 g/mol. The number of hydrogen-bond acceptors (Lipinski definition) is 9. The second-order valence-electron chi connectivity index (χ2n) is 8.45. The van der Waals surface area contributed by atoms with E-state index in [0.717, 1.165) is 16.7 Å². The Kier molecular flexibility index (Phi) is 17.0. The van der Waals surface area contributed by atoms with E-state index >= 15 is 0 Å². The van der Waals surface area contributed by atoms with Crippen LogP contribution in [0.3, 0.4) is 0 Å². The first kappa shape index (κ1) is 31.7. The van der Waals surface area contributed by atoms with Crippen molar-refractivity contribution in [1.82, 2.24) is 0 Å². The highest BCUT2D eigenvalue weighted by atomic mass is 16.6. The van der Waals surface area contributed by atoms with E-state index in [1.54, 1.807) is 7.11 Å². The molecule has 0 unspecified atom stereocenters. The van der Waals surface area contributed by atoms with Gasteiger partial charge in [-0.25, -0.2) is 0 Å². The van der Waals surface area contributed by atoms with Crippen LogP contribution in [0.15, 0.2) is 36.4 Å². The number of hydrogen-bond donors (Lipinski definition) is 0. The molecule has 0 bridgehead atoms. The molecule has 2 aromatic rings. The molecule has 0 aromatic heterocycles. The van der Waals surface area contributed by atoms with Crippen molar-refractivity contribution in [3.63, 3.8) is 0 Å². The molecule has 0 aliphatic rings. The predicted octanol–water partition coefficient (Wildman–Crippen LogP) is 3.75. The highest BCUT2D eigenvalue weighted by Crippen LogP contribution is 2.30.